The summed E-state index contributed by atoms with van der Waals surface area (Å²) >= 11 is 0. The minimum absolute atomic E-state index is 0.0934. The molecular formula is C18H18N2O6S. The summed E-state index contributed by atoms with van der Waals surface area (Å²) in [4.78, 5) is 21.7. The highest BCUT2D eigenvalue weighted by molar-refractivity contribution is 7.89. The number of carbonyl (C=O) groups is 1. The Hall–Kier alpha value is -3.04. The van der Waals surface area contributed by atoms with E-state index in [9.17, 15) is 28.4 Å². The molecule has 1 atom stereocenters. The Labute approximate surface area is 156 Å². The van der Waals surface area contributed by atoms with E-state index in [0.29, 0.717) is 5.56 Å². The van der Waals surface area contributed by atoms with Gasteiger partial charge in [-0.2, -0.15) is 4.31 Å². The monoisotopic (exact) mass is 390 g/mol. The summed E-state index contributed by atoms with van der Waals surface area (Å²) in [5.41, 5.74) is 0.00661. The van der Waals surface area contributed by atoms with Gasteiger partial charge in [0.1, 0.15) is 6.04 Å². The van der Waals surface area contributed by atoms with E-state index in [2.05, 4.69) is 6.58 Å². The number of nitro groups is 1. The van der Waals surface area contributed by atoms with Gasteiger partial charge >= 0.3 is 5.97 Å². The van der Waals surface area contributed by atoms with Gasteiger partial charge in [-0.25, -0.2) is 8.42 Å². The Morgan fingerprint density at radius 1 is 1.19 bits per heavy atom. The molecule has 0 fully saturated rings. The maximum atomic E-state index is 13.1. The molecule has 2 aromatic rings. The van der Waals surface area contributed by atoms with E-state index < -0.39 is 37.5 Å². The third kappa shape index (κ3) is 4.57. The lowest BCUT2D eigenvalue weighted by Crippen LogP contribution is -2.46. The zero-order chi connectivity index (χ0) is 20.0. The number of sulfonamides is 1. The Bertz CT molecular complexity index is 943. The summed E-state index contributed by atoms with van der Waals surface area (Å²) in [5, 5.41) is 20.9. The fourth-order valence-corrected chi connectivity index (χ4v) is 4.33. The maximum Gasteiger partial charge on any atom is 0.322 e. The SMILES string of the molecule is C=CCN(C(Cc1ccccc1)C(=O)O)S(=O)(=O)c1ccccc1[N+](=O)[O-]. The van der Waals surface area contributed by atoms with Gasteiger partial charge in [-0.05, 0) is 18.1 Å². The van der Waals surface area contributed by atoms with Crippen molar-refractivity contribution in [2.45, 2.75) is 17.4 Å². The van der Waals surface area contributed by atoms with E-state index in [1.807, 2.05) is 0 Å². The fourth-order valence-electron chi connectivity index (χ4n) is 2.62. The molecule has 9 heteroatoms. The van der Waals surface area contributed by atoms with Crippen LogP contribution < -0.4 is 0 Å². The molecule has 0 saturated heterocycles. The summed E-state index contributed by atoms with van der Waals surface area (Å²) in [6, 6.07) is 11.9. The fraction of sp³-hybridized carbons (Fsp3) is 0.167. The van der Waals surface area contributed by atoms with Crippen LogP contribution in [0, 0.1) is 10.1 Å². The molecule has 1 unspecified atom stereocenters. The summed E-state index contributed by atoms with van der Waals surface area (Å²) in [6.07, 6.45) is 1.15. The maximum absolute atomic E-state index is 13.1. The number of nitro benzene ring substituents is 1. The second-order valence-electron chi connectivity index (χ2n) is 5.63. The number of para-hydroxylation sites is 1. The van der Waals surface area contributed by atoms with Crippen molar-refractivity contribution in [2.75, 3.05) is 6.54 Å². The predicted octanol–water partition coefficient (Wildman–Crippen LogP) is 2.47. The van der Waals surface area contributed by atoms with Gasteiger partial charge in [0.25, 0.3) is 15.7 Å². The summed E-state index contributed by atoms with van der Waals surface area (Å²) < 4.78 is 26.9. The third-order valence-electron chi connectivity index (χ3n) is 3.86. The van der Waals surface area contributed by atoms with Crippen LogP contribution in [0.4, 0.5) is 5.69 Å². The largest absolute Gasteiger partial charge is 0.480 e. The number of rotatable bonds is 9. The molecular weight excluding hydrogens is 372 g/mol. The Morgan fingerprint density at radius 2 is 1.78 bits per heavy atom. The molecule has 8 nitrogen and oxygen atoms in total. The van der Waals surface area contributed by atoms with Gasteiger partial charge in [-0.1, -0.05) is 48.5 Å². The van der Waals surface area contributed by atoms with Gasteiger partial charge in [0.05, 0.1) is 4.92 Å². The first kappa shape index (κ1) is 20.3. The van der Waals surface area contributed by atoms with Crippen molar-refractivity contribution in [3.63, 3.8) is 0 Å². The highest BCUT2D eigenvalue weighted by Crippen LogP contribution is 2.28. The van der Waals surface area contributed by atoms with Crippen molar-refractivity contribution >= 4 is 21.7 Å². The third-order valence-corrected chi connectivity index (χ3v) is 5.78. The van der Waals surface area contributed by atoms with E-state index in [4.69, 9.17) is 0 Å². The zero-order valence-corrected chi connectivity index (χ0v) is 15.1. The molecule has 0 amide bonds. The molecule has 0 radical (unpaired) electrons. The van der Waals surface area contributed by atoms with E-state index in [-0.39, 0.29) is 13.0 Å². The number of hydrogen-bond donors (Lipinski definition) is 1. The zero-order valence-electron chi connectivity index (χ0n) is 14.3. The van der Waals surface area contributed by atoms with Gasteiger partial charge in [0.15, 0.2) is 4.90 Å². The molecule has 0 heterocycles. The lowest BCUT2D eigenvalue weighted by atomic mass is 10.1. The van der Waals surface area contributed by atoms with Crippen molar-refractivity contribution < 1.29 is 23.2 Å². The van der Waals surface area contributed by atoms with Crippen molar-refractivity contribution in [3.8, 4) is 0 Å². The molecule has 2 rings (SSSR count). The topological polar surface area (TPSA) is 118 Å². The van der Waals surface area contributed by atoms with Crippen LogP contribution in [0.1, 0.15) is 5.56 Å². The summed E-state index contributed by atoms with van der Waals surface area (Å²) in [6.45, 7) is 3.17. The minimum atomic E-state index is -4.46. The van der Waals surface area contributed by atoms with Crippen LogP contribution in [0.2, 0.25) is 0 Å². The van der Waals surface area contributed by atoms with Crippen molar-refractivity contribution in [2.24, 2.45) is 0 Å². The number of nitrogens with zero attached hydrogens (tertiary/aromatic N) is 2. The van der Waals surface area contributed by atoms with E-state index in [0.717, 1.165) is 16.4 Å². The van der Waals surface area contributed by atoms with Crippen molar-refractivity contribution in [1.82, 2.24) is 4.31 Å². The smallest absolute Gasteiger partial charge is 0.322 e. The molecule has 27 heavy (non-hydrogen) atoms. The molecule has 0 aromatic heterocycles. The molecule has 1 N–H and O–H groups in total. The van der Waals surface area contributed by atoms with Crippen LogP contribution in [0.5, 0.6) is 0 Å². The predicted molar refractivity (Wildman–Crippen MR) is 98.8 cm³/mol. The average Bonchev–Trinajstić information content (AvgIpc) is 2.65. The van der Waals surface area contributed by atoms with Gasteiger partial charge in [-0.15, -0.1) is 6.58 Å². The molecule has 0 bridgehead atoms. The Kier molecular flexibility index (Phi) is 6.43. The number of aliphatic carboxylic acids is 1. The molecule has 0 saturated carbocycles. The van der Waals surface area contributed by atoms with Crippen LogP contribution >= 0.6 is 0 Å². The van der Waals surface area contributed by atoms with Gasteiger partial charge in [0.2, 0.25) is 0 Å². The first-order valence-corrected chi connectivity index (χ1v) is 9.36. The highest BCUT2D eigenvalue weighted by Gasteiger charge is 2.38. The van der Waals surface area contributed by atoms with Gasteiger partial charge < -0.3 is 5.11 Å². The molecule has 0 aliphatic heterocycles. The summed E-state index contributed by atoms with van der Waals surface area (Å²) in [7, 11) is -4.46. The van der Waals surface area contributed by atoms with E-state index in [1.165, 1.54) is 18.2 Å². The Balaban J connectivity index is 2.55. The standard InChI is InChI=1S/C18H18N2O6S/c1-2-12-19(16(18(21)22)13-14-8-4-3-5-9-14)27(25,26)17-11-7-6-10-15(17)20(23)24/h2-11,16H,1,12-13H2,(H,21,22). The van der Waals surface area contributed by atoms with Crippen LogP contribution in [-0.2, 0) is 21.2 Å². The molecule has 142 valence electrons. The number of carboxylic acid groups (broad SMARTS) is 1. The quantitative estimate of drug-likeness (QED) is 0.399. The molecule has 2 aromatic carbocycles. The first-order chi connectivity index (χ1) is 12.8. The van der Waals surface area contributed by atoms with Crippen LogP contribution in [0.25, 0.3) is 0 Å². The van der Waals surface area contributed by atoms with Crippen LogP contribution in [-0.4, -0.2) is 41.3 Å². The average molecular weight is 390 g/mol. The second kappa shape index (κ2) is 8.56. The summed E-state index contributed by atoms with van der Waals surface area (Å²) in [5.74, 6) is -1.36. The first-order valence-electron chi connectivity index (χ1n) is 7.92. The van der Waals surface area contributed by atoms with E-state index >= 15 is 0 Å². The van der Waals surface area contributed by atoms with Crippen molar-refractivity contribution in [1.29, 1.82) is 0 Å². The lowest BCUT2D eigenvalue weighted by molar-refractivity contribution is -0.387. The molecule has 0 spiro atoms. The second-order valence-corrected chi connectivity index (χ2v) is 7.49. The highest BCUT2D eigenvalue weighted by atomic mass is 32.2. The minimum Gasteiger partial charge on any atom is -0.480 e. The van der Waals surface area contributed by atoms with Gasteiger partial charge in [0, 0.05) is 12.6 Å². The number of hydrogen-bond acceptors (Lipinski definition) is 5. The normalized spacial score (nSPS) is 12.5. The Morgan fingerprint density at radius 3 is 2.33 bits per heavy atom. The van der Waals surface area contributed by atoms with Crippen LogP contribution in [0.15, 0.2) is 72.1 Å². The van der Waals surface area contributed by atoms with Crippen molar-refractivity contribution in [3.05, 3.63) is 82.9 Å². The van der Waals surface area contributed by atoms with Gasteiger partial charge in [-0.3, -0.25) is 14.9 Å². The van der Waals surface area contributed by atoms with E-state index in [1.54, 1.807) is 30.3 Å². The van der Waals surface area contributed by atoms with Crippen LogP contribution in [0.3, 0.4) is 0 Å². The molecule has 0 aliphatic rings. The number of benzene rings is 2. The lowest BCUT2D eigenvalue weighted by Gasteiger charge is -2.27. The number of carboxylic acids is 1. The molecule has 0 aliphatic carbocycles.